The molecule has 194 valence electrons. The molecule has 0 atom stereocenters. The average molecular weight is 532 g/mol. The number of halogens is 1. The number of esters is 1. The van der Waals surface area contributed by atoms with Crippen molar-refractivity contribution in [3.63, 3.8) is 0 Å². The minimum atomic E-state index is -0.692. The molecule has 0 fully saturated rings. The van der Waals surface area contributed by atoms with Crippen LogP contribution in [0, 0.1) is 0 Å². The Morgan fingerprint density at radius 3 is 1.97 bits per heavy atom. The van der Waals surface area contributed by atoms with Gasteiger partial charge in [-0.25, -0.2) is 9.69 Å². The lowest BCUT2D eigenvalue weighted by molar-refractivity contribution is -0.120. The van der Waals surface area contributed by atoms with E-state index in [1.54, 1.807) is 24.3 Å². The van der Waals surface area contributed by atoms with Gasteiger partial charge in [-0.1, -0.05) is 43.6 Å². The van der Waals surface area contributed by atoms with Crippen LogP contribution in [0.1, 0.15) is 45.7 Å². The van der Waals surface area contributed by atoms with E-state index >= 15 is 0 Å². The Kier molecular flexibility index (Phi) is 7.93. The summed E-state index contributed by atoms with van der Waals surface area (Å²) in [5.74, 6) is -2.12. The van der Waals surface area contributed by atoms with Gasteiger partial charge in [0.25, 0.3) is 17.7 Å². The number of benzene rings is 3. The molecular weight excluding hydrogens is 506 g/mol. The number of imide groups is 1. The molecule has 0 aliphatic carbocycles. The van der Waals surface area contributed by atoms with Crippen LogP contribution in [0.3, 0.4) is 0 Å². The molecule has 0 unspecified atom stereocenters. The minimum absolute atomic E-state index is 0.0876. The second-order valence-corrected chi connectivity index (χ2v) is 8.87. The normalized spacial score (nSPS) is 13.1. The molecule has 0 bridgehead atoms. The zero-order valence-corrected chi connectivity index (χ0v) is 21.9. The van der Waals surface area contributed by atoms with Crippen molar-refractivity contribution in [1.29, 1.82) is 0 Å². The number of nitrogens with one attached hydrogen (secondary N) is 2. The van der Waals surface area contributed by atoms with E-state index < -0.39 is 17.8 Å². The van der Waals surface area contributed by atoms with Gasteiger partial charge >= 0.3 is 5.97 Å². The van der Waals surface area contributed by atoms with E-state index in [0.717, 1.165) is 34.6 Å². The van der Waals surface area contributed by atoms with Gasteiger partial charge in [0.2, 0.25) is 0 Å². The smallest absolute Gasteiger partial charge is 0.337 e. The summed E-state index contributed by atoms with van der Waals surface area (Å²) >= 11 is 6.22. The molecular formula is C29H26ClN3O5. The number of rotatable bonds is 8. The highest BCUT2D eigenvalue weighted by atomic mass is 35.5. The van der Waals surface area contributed by atoms with Crippen molar-refractivity contribution in [1.82, 2.24) is 0 Å². The van der Waals surface area contributed by atoms with E-state index in [9.17, 15) is 19.2 Å². The van der Waals surface area contributed by atoms with Gasteiger partial charge in [-0.15, -0.1) is 0 Å². The first-order valence-corrected chi connectivity index (χ1v) is 12.4. The van der Waals surface area contributed by atoms with Crippen molar-refractivity contribution in [2.24, 2.45) is 0 Å². The molecule has 8 nitrogen and oxygen atoms in total. The van der Waals surface area contributed by atoms with Crippen LogP contribution in [0.5, 0.6) is 0 Å². The number of hydrogen-bond donors (Lipinski definition) is 2. The summed E-state index contributed by atoms with van der Waals surface area (Å²) in [5.41, 5.74) is 4.31. The summed E-state index contributed by atoms with van der Waals surface area (Å²) in [6.45, 7) is 4.08. The number of carbonyl (C=O) groups is 4. The van der Waals surface area contributed by atoms with Gasteiger partial charge in [-0.2, -0.15) is 0 Å². The van der Waals surface area contributed by atoms with Crippen molar-refractivity contribution in [2.45, 2.75) is 26.7 Å². The molecule has 0 saturated carbocycles. The summed E-state index contributed by atoms with van der Waals surface area (Å²) in [6, 6.07) is 18.3. The van der Waals surface area contributed by atoms with E-state index in [2.05, 4.69) is 15.4 Å². The molecule has 3 aromatic rings. The van der Waals surface area contributed by atoms with Crippen molar-refractivity contribution in [2.75, 3.05) is 22.6 Å². The van der Waals surface area contributed by atoms with Crippen LogP contribution in [-0.2, 0) is 27.2 Å². The first-order chi connectivity index (χ1) is 18.3. The van der Waals surface area contributed by atoms with Crippen LogP contribution < -0.4 is 15.5 Å². The Labute approximate surface area is 225 Å². The number of para-hydroxylation sites is 1. The second kappa shape index (κ2) is 11.3. The topological polar surface area (TPSA) is 105 Å². The third-order valence-corrected chi connectivity index (χ3v) is 6.58. The van der Waals surface area contributed by atoms with Gasteiger partial charge in [0, 0.05) is 16.9 Å². The summed E-state index contributed by atoms with van der Waals surface area (Å²) < 4.78 is 4.67. The van der Waals surface area contributed by atoms with Gasteiger partial charge in [-0.05, 0) is 72.5 Å². The standard InChI is InChI=1S/C29H26ClN3O5/c1-4-17-7-6-8-18(5-2)24(17)32-26(34)19-9-13-21(14-10-19)31-25-23(30)27(35)33(28(25)36)22-15-11-20(12-16-22)29(37)38-3/h6-16,31H,4-5H2,1-3H3,(H,32,34). The molecule has 2 N–H and O–H groups in total. The van der Waals surface area contributed by atoms with Crippen molar-refractivity contribution < 1.29 is 23.9 Å². The average Bonchev–Trinajstić information content (AvgIpc) is 3.15. The molecule has 38 heavy (non-hydrogen) atoms. The number of anilines is 3. The molecule has 3 aromatic carbocycles. The molecule has 0 saturated heterocycles. The van der Waals surface area contributed by atoms with Crippen LogP contribution in [0.4, 0.5) is 17.1 Å². The third-order valence-electron chi connectivity index (χ3n) is 6.23. The first kappa shape index (κ1) is 26.6. The quantitative estimate of drug-likeness (QED) is 0.302. The van der Waals surface area contributed by atoms with Gasteiger partial charge in [0.1, 0.15) is 10.7 Å². The van der Waals surface area contributed by atoms with Gasteiger partial charge in [-0.3, -0.25) is 14.4 Å². The number of aryl methyl sites for hydroxylation is 2. The Balaban J connectivity index is 1.48. The molecule has 1 heterocycles. The summed E-state index contributed by atoms with van der Waals surface area (Å²) in [7, 11) is 1.26. The Morgan fingerprint density at radius 2 is 1.42 bits per heavy atom. The Morgan fingerprint density at radius 1 is 0.842 bits per heavy atom. The van der Waals surface area contributed by atoms with Crippen LogP contribution in [0.15, 0.2) is 77.5 Å². The lowest BCUT2D eigenvalue weighted by atomic mass is 10.0. The fraction of sp³-hybridized carbons (Fsp3) is 0.172. The predicted molar refractivity (Wildman–Crippen MR) is 146 cm³/mol. The predicted octanol–water partition coefficient (Wildman–Crippen LogP) is 5.29. The number of hydrogen-bond acceptors (Lipinski definition) is 6. The maximum Gasteiger partial charge on any atom is 0.337 e. The molecule has 9 heteroatoms. The molecule has 0 radical (unpaired) electrons. The van der Waals surface area contributed by atoms with E-state index in [4.69, 9.17) is 11.6 Å². The minimum Gasteiger partial charge on any atom is -0.465 e. The van der Waals surface area contributed by atoms with E-state index in [-0.39, 0.29) is 27.9 Å². The summed E-state index contributed by atoms with van der Waals surface area (Å²) in [5, 5.41) is 5.65. The molecule has 1 aliphatic heterocycles. The maximum atomic E-state index is 13.0. The van der Waals surface area contributed by atoms with Crippen LogP contribution in [0.25, 0.3) is 0 Å². The molecule has 1 aliphatic rings. The van der Waals surface area contributed by atoms with Crippen molar-refractivity contribution in [3.05, 3.63) is 99.7 Å². The zero-order chi connectivity index (χ0) is 27.4. The van der Waals surface area contributed by atoms with E-state index in [1.807, 2.05) is 32.0 Å². The summed E-state index contributed by atoms with van der Waals surface area (Å²) in [4.78, 5) is 51.3. The van der Waals surface area contributed by atoms with Crippen LogP contribution >= 0.6 is 11.6 Å². The molecule has 4 rings (SSSR count). The van der Waals surface area contributed by atoms with Crippen LogP contribution in [-0.4, -0.2) is 30.8 Å². The number of carbonyl (C=O) groups excluding carboxylic acids is 4. The monoisotopic (exact) mass is 531 g/mol. The number of amides is 3. The van der Waals surface area contributed by atoms with Crippen LogP contribution in [0.2, 0.25) is 0 Å². The SMILES string of the molecule is CCc1cccc(CC)c1NC(=O)c1ccc(NC2=C(Cl)C(=O)N(c3ccc(C(=O)OC)cc3)C2=O)cc1. The lowest BCUT2D eigenvalue weighted by Gasteiger charge is -2.16. The van der Waals surface area contributed by atoms with E-state index in [0.29, 0.717) is 11.3 Å². The zero-order valence-electron chi connectivity index (χ0n) is 21.1. The molecule has 0 aromatic heterocycles. The molecule has 3 amide bonds. The van der Waals surface area contributed by atoms with Gasteiger partial charge in [0.15, 0.2) is 0 Å². The third kappa shape index (κ3) is 5.17. The number of methoxy groups -OCH3 is 1. The first-order valence-electron chi connectivity index (χ1n) is 12.0. The number of nitrogens with zero attached hydrogens (tertiary/aromatic N) is 1. The second-order valence-electron chi connectivity index (χ2n) is 8.49. The fourth-order valence-corrected chi connectivity index (χ4v) is 4.36. The van der Waals surface area contributed by atoms with Crippen molar-refractivity contribution >= 4 is 52.4 Å². The molecule has 0 spiro atoms. The van der Waals surface area contributed by atoms with E-state index in [1.165, 1.54) is 31.4 Å². The highest BCUT2D eigenvalue weighted by Gasteiger charge is 2.39. The maximum absolute atomic E-state index is 13.0. The highest BCUT2D eigenvalue weighted by molar-refractivity contribution is 6.53. The highest BCUT2D eigenvalue weighted by Crippen LogP contribution is 2.30. The Hall–Kier alpha value is -4.43. The van der Waals surface area contributed by atoms with Gasteiger partial charge in [0.05, 0.1) is 18.4 Å². The number of ether oxygens (including phenoxy) is 1. The van der Waals surface area contributed by atoms with Gasteiger partial charge < -0.3 is 15.4 Å². The Bertz CT molecular complexity index is 1420. The summed E-state index contributed by atoms with van der Waals surface area (Å²) in [6.07, 6.45) is 1.59. The lowest BCUT2D eigenvalue weighted by Crippen LogP contribution is -2.32. The van der Waals surface area contributed by atoms with Crippen molar-refractivity contribution in [3.8, 4) is 0 Å². The fourth-order valence-electron chi connectivity index (χ4n) is 4.15. The largest absolute Gasteiger partial charge is 0.465 e.